The summed E-state index contributed by atoms with van der Waals surface area (Å²) in [5, 5.41) is 30.9. The predicted molar refractivity (Wildman–Crippen MR) is 119 cm³/mol. The molecule has 0 saturated heterocycles. The lowest BCUT2D eigenvalue weighted by Gasteiger charge is -2.30. The third kappa shape index (κ3) is 13.7. The third-order valence-corrected chi connectivity index (χ3v) is 4.74. The molecule has 0 aromatic carbocycles. The third-order valence-electron chi connectivity index (χ3n) is 4.74. The van der Waals surface area contributed by atoms with Crippen LogP contribution < -0.4 is 0 Å². The van der Waals surface area contributed by atoms with E-state index in [4.69, 9.17) is 9.47 Å². The van der Waals surface area contributed by atoms with Crippen LogP contribution in [0.1, 0.15) is 73.1 Å². The van der Waals surface area contributed by atoms with E-state index in [0.717, 1.165) is 43.4 Å². The van der Waals surface area contributed by atoms with Gasteiger partial charge in [-0.2, -0.15) is 0 Å². The van der Waals surface area contributed by atoms with E-state index in [1.165, 1.54) is 0 Å². The Hall–Kier alpha value is -1.08. The van der Waals surface area contributed by atoms with E-state index in [1.54, 1.807) is 0 Å². The van der Waals surface area contributed by atoms with Crippen LogP contribution in [0.5, 0.6) is 0 Å². The molecular formula is C23H45NO5. The quantitative estimate of drug-likeness (QED) is 0.177. The summed E-state index contributed by atoms with van der Waals surface area (Å²) in [6.45, 7) is 12.6. The summed E-state index contributed by atoms with van der Waals surface area (Å²) in [6.07, 6.45) is 5.99. The Balaban J connectivity index is 5.06. The second-order valence-corrected chi connectivity index (χ2v) is 7.53. The highest BCUT2D eigenvalue weighted by atomic mass is 16.5. The molecule has 172 valence electrons. The number of ether oxygens (including phenoxy) is 2. The number of allylic oxidation sites excluding steroid dienone is 4. The molecule has 0 aromatic heterocycles. The summed E-state index contributed by atoms with van der Waals surface area (Å²) in [5.41, 5.74) is 1.76. The first-order valence-electron chi connectivity index (χ1n) is 11.2. The largest absolute Gasteiger partial charge is 0.512 e. The van der Waals surface area contributed by atoms with Crippen LogP contribution in [-0.4, -0.2) is 71.9 Å². The number of hydrogen-bond donors (Lipinski definition) is 3. The standard InChI is InChI=1S/C23H45NO5/c1-6-10-12-28-17-21(25)15-24(16-22(26)18-29-13-11-7-2)19(5)14-20(8-3)23(27)9-4/h14,21-22,25-27H,6-13,15-18H2,1-5H3/b19-14+,23-20+. The van der Waals surface area contributed by atoms with Gasteiger partial charge in [0.2, 0.25) is 0 Å². The lowest BCUT2D eigenvalue weighted by Crippen LogP contribution is -2.40. The smallest absolute Gasteiger partial charge is 0.0952 e. The van der Waals surface area contributed by atoms with Crippen LogP contribution in [0.3, 0.4) is 0 Å². The van der Waals surface area contributed by atoms with Crippen molar-refractivity contribution in [3.05, 3.63) is 23.1 Å². The van der Waals surface area contributed by atoms with E-state index in [-0.39, 0.29) is 13.2 Å². The molecule has 0 fully saturated rings. The molecule has 0 amide bonds. The van der Waals surface area contributed by atoms with E-state index in [9.17, 15) is 15.3 Å². The van der Waals surface area contributed by atoms with Crippen molar-refractivity contribution in [2.45, 2.75) is 85.4 Å². The molecule has 0 aliphatic rings. The molecule has 6 heteroatoms. The van der Waals surface area contributed by atoms with Gasteiger partial charge in [0.15, 0.2) is 0 Å². The first-order valence-corrected chi connectivity index (χ1v) is 11.2. The van der Waals surface area contributed by atoms with Crippen molar-refractivity contribution in [2.24, 2.45) is 0 Å². The fraction of sp³-hybridized carbons (Fsp3) is 0.826. The molecule has 3 N–H and O–H groups in total. The summed E-state index contributed by atoms with van der Waals surface area (Å²) >= 11 is 0. The van der Waals surface area contributed by atoms with Crippen molar-refractivity contribution in [3.8, 4) is 0 Å². The Morgan fingerprint density at radius 1 is 0.862 bits per heavy atom. The average molecular weight is 416 g/mol. The molecule has 0 aromatic rings. The number of aliphatic hydroxyl groups excluding tert-OH is 3. The topological polar surface area (TPSA) is 82.4 Å². The lowest BCUT2D eigenvalue weighted by atomic mass is 10.1. The van der Waals surface area contributed by atoms with Crippen LogP contribution in [0, 0.1) is 0 Å². The highest BCUT2D eigenvalue weighted by Gasteiger charge is 2.17. The number of nitrogens with zero attached hydrogens (tertiary/aromatic N) is 1. The van der Waals surface area contributed by atoms with Gasteiger partial charge in [0.1, 0.15) is 0 Å². The maximum absolute atomic E-state index is 10.4. The van der Waals surface area contributed by atoms with Gasteiger partial charge in [-0.05, 0) is 37.8 Å². The van der Waals surface area contributed by atoms with E-state index < -0.39 is 12.2 Å². The molecule has 2 unspecified atom stereocenters. The van der Waals surface area contributed by atoms with Gasteiger partial charge in [0.25, 0.3) is 0 Å². The molecule has 0 aliphatic carbocycles. The lowest BCUT2D eigenvalue weighted by molar-refractivity contribution is -0.00280. The average Bonchev–Trinajstić information content (AvgIpc) is 2.71. The normalized spacial score (nSPS) is 15.2. The second kappa shape index (κ2) is 17.8. The zero-order chi connectivity index (χ0) is 22.1. The summed E-state index contributed by atoms with van der Waals surface area (Å²) in [5.74, 6) is 0.374. The first kappa shape index (κ1) is 27.9. The number of rotatable bonds is 18. The minimum atomic E-state index is -0.655. The molecule has 6 nitrogen and oxygen atoms in total. The molecule has 0 rings (SSSR count). The predicted octanol–water partition coefficient (Wildman–Crippen LogP) is 4.18. The SMILES string of the molecule is CCCCOCC(O)CN(CC(O)COCCCC)/C(C)=C/C(CC)=C(/O)CC. The van der Waals surface area contributed by atoms with Crippen LogP contribution in [0.25, 0.3) is 0 Å². The van der Waals surface area contributed by atoms with Crippen molar-refractivity contribution >= 4 is 0 Å². The zero-order valence-corrected chi connectivity index (χ0v) is 19.3. The van der Waals surface area contributed by atoms with Crippen molar-refractivity contribution in [3.63, 3.8) is 0 Å². The van der Waals surface area contributed by atoms with Gasteiger partial charge in [-0.25, -0.2) is 0 Å². The molecule has 0 aliphatic heterocycles. The molecule has 0 heterocycles. The number of unbranched alkanes of at least 4 members (excludes halogenated alkanes) is 2. The Morgan fingerprint density at radius 2 is 1.34 bits per heavy atom. The van der Waals surface area contributed by atoms with Gasteiger partial charge in [-0.1, -0.05) is 40.5 Å². The van der Waals surface area contributed by atoms with E-state index in [1.807, 2.05) is 31.7 Å². The Kier molecular flexibility index (Phi) is 17.1. The Bertz CT molecular complexity index is 444. The van der Waals surface area contributed by atoms with Crippen molar-refractivity contribution < 1.29 is 24.8 Å². The van der Waals surface area contributed by atoms with Gasteiger partial charge in [-0.3, -0.25) is 0 Å². The number of aliphatic hydroxyl groups is 3. The van der Waals surface area contributed by atoms with Crippen LogP contribution in [0.15, 0.2) is 23.1 Å². The summed E-state index contributed by atoms with van der Waals surface area (Å²) in [7, 11) is 0. The van der Waals surface area contributed by atoms with Gasteiger partial charge in [0, 0.05) is 38.4 Å². The minimum absolute atomic E-state index is 0.267. The Labute approximate surface area is 178 Å². The number of hydrogen-bond acceptors (Lipinski definition) is 6. The summed E-state index contributed by atoms with van der Waals surface area (Å²) < 4.78 is 11.1. The maximum atomic E-state index is 10.4. The molecule has 0 radical (unpaired) electrons. The van der Waals surface area contributed by atoms with Crippen LogP contribution in [-0.2, 0) is 9.47 Å². The molecule has 2 atom stereocenters. The molecule has 0 saturated carbocycles. The minimum Gasteiger partial charge on any atom is -0.512 e. The van der Waals surface area contributed by atoms with Crippen molar-refractivity contribution in [2.75, 3.05) is 39.5 Å². The van der Waals surface area contributed by atoms with Crippen molar-refractivity contribution in [1.29, 1.82) is 0 Å². The molecule has 29 heavy (non-hydrogen) atoms. The van der Waals surface area contributed by atoms with Gasteiger partial charge < -0.3 is 29.7 Å². The van der Waals surface area contributed by atoms with E-state index in [0.29, 0.717) is 38.5 Å². The summed E-state index contributed by atoms with van der Waals surface area (Å²) in [6, 6.07) is 0. The van der Waals surface area contributed by atoms with E-state index in [2.05, 4.69) is 13.8 Å². The van der Waals surface area contributed by atoms with Crippen molar-refractivity contribution in [1.82, 2.24) is 4.90 Å². The first-order chi connectivity index (χ1) is 13.9. The highest BCUT2D eigenvalue weighted by molar-refractivity contribution is 5.24. The van der Waals surface area contributed by atoms with Crippen LogP contribution in [0.4, 0.5) is 0 Å². The second-order valence-electron chi connectivity index (χ2n) is 7.53. The monoisotopic (exact) mass is 415 g/mol. The van der Waals surface area contributed by atoms with Gasteiger partial charge >= 0.3 is 0 Å². The van der Waals surface area contributed by atoms with Crippen LogP contribution >= 0.6 is 0 Å². The summed E-state index contributed by atoms with van der Waals surface area (Å²) in [4.78, 5) is 1.94. The highest BCUT2D eigenvalue weighted by Crippen LogP contribution is 2.16. The molecule has 0 bridgehead atoms. The van der Waals surface area contributed by atoms with E-state index >= 15 is 0 Å². The zero-order valence-electron chi connectivity index (χ0n) is 19.3. The maximum Gasteiger partial charge on any atom is 0.0952 e. The molecule has 0 spiro atoms. The Morgan fingerprint density at radius 3 is 1.72 bits per heavy atom. The van der Waals surface area contributed by atoms with Gasteiger partial charge in [-0.15, -0.1) is 0 Å². The fourth-order valence-electron chi connectivity index (χ4n) is 2.87. The fourth-order valence-corrected chi connectivity index (χ4v) is 2.87. The molecular weight excluding hydrogens is 370 g/mol. The van der Waals surface area contributed by atoms with Crippen LogP contribution in [0.2, 0.25) is 0 Å². The van der Waals surface area contributed by atoms with Gasteiger partial charge in [0.05, 0.1) is 31.2 Å².